The van der Waals surface area contributed by atoms with Crippen LogP contribution in [0.4, 0.5) is 13.2 Å². The zero-order chi connectivity index (χ0) is 16.1. The third-order valence-electron chi connectivity index (χ3n) is 4.21. The molecule has 0 saturated heterocycles. The quantitative estimate of drug-likeness (QED) is 0.742. The Morgan fingerprint density at radius 2 is 2.05 bits per heavy atom. The first kappa shape index (κ1) is 14.7. The van der Waals surface area contributed by atoms with E-state index in [0.29, 0.717) is 12.1 Å². The van der Waals surface area contributed by atoms with Crippen molar-refractivity contribution in [2.45, 2.75) is 18.6 Å². The van der Waals surface area contributed by atoms with E-state index in [0.717, 1.165) is 21.4 Å². The Balaban J connectivity index is 2.16. The van der Waals surface area contributed by atoms with Gasteiger partial charge in [-0.05, 0) is 18.1 Å². The molecule has 0 fully saturated rings. The predicted molar refractivity (Wildman–Crippen MR) is 77.3 cm³/mol. The minimum atomic E-state index is -4.87. The average Bonchev–Trinajstić information content (AvgIpc) is 2.78. The van der Waals surface area contributed by atoms with Gasteiger partial charge in [-0.3, -0.25) is 4.79 Å². The van der Waals surface area contributed by atoms with Crippen LogP contribution in [-0.2, 0) is 18.3 Å². The van der Waals surface area contributed by atoms with E-state index in [2.05, 4.69) is 6.58 Å². The summed E-state index contributed by atoms with van der Waals surface area (Å²) >= 11 is 0. The molecule has 1 aromatic carbocycles. The fourth-order valence-corrected chi connectivity index (χ4v) is 3.28. The lowest BCUT2D eigenvalue weighted by molar-refractivity contribution is -0.187. The molecule has 0 aliphatic carbocycles. The number of rotatable bonds is 1. The minimum Gasteiger partial charge on any atom is -0.345 e. The average molecular weight is 308 g/mol. The number of carbonyl (C=O) groups excluding carboxylic acids is 1. The second-order valence-electron chi connectivity index (χ2n) is 5.37. The Morgan fingerprint density at radius 3 is 2.68 bits per heavy atom. The van der Waals surface area contributed by atoms with Crippen molar-refractivity contribution in [1.82, 2.24) is 9.47 Å². The standard InChI is InChI=1S/C16H15F3N2O/c1-3-12-14-11(8-9-21(12)15(22)16(17,18)19)10-6-4-5-7-13(10)20(14)2/h3-7,12H,1,8-9H2,2H3. The van der Waals surface area contributed by atoms with E-state index in [1.54, 1.807) is 7.05 Å². The molecule has 0 radical (unpaired) electrons. The highest BCUT2D eigenvalue weighted by Crippen LogP contribution is 2.38. The molecule has 1 atom stereocenters. The van der Waals surface area contributed by atoms with E-state index >= 15 is 0 Å². The van der Waals surface area contributed by atoms with Gasteiger partial charge < -0.3 is 9.47 Å². The molecular formula is C16H15F3N2O. The van der Waals surface area contributed by atoms with Crippen LogP contribution in [0.25, 0.3) is 10.9 Å². The first-order chi connectivity index (χ1) is 10.4. The number of carbonyl (C=O) groups is 1. The fourth-order valence-electron chi connectivity index (χ4n) is 3.28. The monoisotopic (exact) mass is 308 g/mol. The Labute approximate surface area is 125 Å². The maximum absolute atomic E-state index is 12.8. The van der Waals surface area contributed by atoms with Crippen LogP contribution < -0.4 is 0 Å². The summed E-state index contributed by atoms with van der Waals surface area (Å²) in [6.07, 6.45) is -3.06. The highest BCUT2D eigenvalue weighted by molar-refractivity contribution is 5.88. The number of benzene rings is 1. The van der Waals surface area contributed by atoms with Crippen molar-refractivity contribution in [3.05, 3.63) is 48.2 Å². The molecule has 0 bridgehead atoms. The smallest absolute Gasteiger partial charge is 0.345 e. The molecule has 116 valence electrons. The SMILES string of the molecule is C=CC1c2c(c3ccccc3n2C)CCN1C(=O)C(F)(F)F. The van der Waals surface area contributed by atoms with Gasteiger partial charge in [0.1, 0.15) is 0 Å². The molecule has 0 N–H and O–H groups in total. The molecule has 0 saturated carbocycles. The van der Waals surface area contributed by atoms with Crippen LogP contribution in [0.5, 0.6) is 0 Å². The lowest BCUT2D eigenvalue weighted by Gasteiger charge is -2.35. The van der Waals surface area contributed by atoms with Crippen LogP contribution in [0.2, 0.25) is 0 Å². The van der Waals surface area contributed by atoms with Crippen LogP contribution in [0.1, 0.15) is 17.3 Å². The third-order valence-corrected chi connectivity index (χ3v) is 4.21. The summed E-state index contributed by atoms with van der Waals surface area (Å²) in [5.41, 5.74) is 2.65. The number of amides is 1. The van der Waals surface area contributed by atoms with Crippen molar-refractivity contribution in [2.24, 2.45) is 7.05 Å². The van der Waals surface area contributed by atoms with Gasteiger partial charge in [0, 0.05) is 30.2 Å². The summed E-state index contributed by atoms with van der Waals surface area (Å²) in [7, 11) is 1.80. The van der Waals surface area contributed by atoms with E-state index in [1.165, 1.54) is 6.08 Å². The first-order valence-corrected chi connectivity index (χ1v) is 6.92. The number of halogens is 3. The second kappa shape index (κ2) is 4.90. The molecule has 1 aromatic heterocycles. The van der Waals surface area contributed by atoms with Gasteiger partial charge in [0.2, 0.25) is 0 Å². The lowest BCUT2D eigenvalue weighted by Crippen LogP contribution is -2.46. The van der Waals surface area contributed by atoms with Crippen LogP contribution in [0, 0.1) is 0 Å². The van der Waals surface area contributed by atoms with E-state index in [9.17, 15) is 18.0 Å². The van der Waals surface area contributed by atoms with Crippen molar-refractivity contribution >= 4 is 16.8 Å². The van der Waals surface area contributed by atoms with Gasteiger partial charge in [-0.1, -0.05) is 24.3 Å². The number of aryl methyl sites for hydroxylation is 1. The summed E-state index contributed by atoms with van der Waals surface area (Å²) in [6, 6.07) is 6.89. The molecule has 0 spiro atoms. The first-order valence-electron chi connectivity index (χ1n) is 6.92. The number of fused-ring (bicyclic) bond motifs is 3. The van der Waals surface area contributed by atoms with Gasteiger partial charge in [0.05, 0.1) is 6.04 Å². The Kier molecular flexibility index (Phi) is 3.27. The summed E-state index contributed by atoms with van der Waals surface area (Å²) < 4.78 is 40.2. The largest absolute Gasteiger partial charge is 0.471 e. The lowest BCUT2D eigenvalue weighted by atomic mass is 9.97. The number of alkyl halides is 3. The van der Waals surface area contributed by atoms with Crippen molar-refractivity contribution in [1.29, 1.82) is 0 Å². The second-order valence-corrected chi connectivity index (χ2v) is 5.37. The predicted octanol–water partition coefficient (Wildman–Crippen LogP) is 3.35. The topological polar surface area (TPSA) is 25.2 Å². The maximum atomic E-state index is 12.8. The molecular weight excluding hydrogens is 293 g/mol. The van der Waals surface area contributed by atoms with Crippen molar-refractivity contribution in [3.63, 3.8) is 0 Å². The minimum absolute atomic E-state index is 0.0377. The van der Waals surface area contributed by atoms with E-state index in [4.69, 9.17) is 0 Å². The van der Waals surface area contributed by atoms with Gasteiger partial charge in [-0.15, -0.1) is 6.58 Å². The molecule has 1 aliphatic heterocycles. The zero-order valence-corrected chi connectivity index (χ0v) is 12.0. The number of hydrogen-bond donors (Lipinski definition) is 0. The molecule has 22 heavy (non-hydrogen) atoms. The molecule has 3 nitrogen and oxygen atoms in total. The molecule has 3 rings (SSSR count). The van der Waals surface area contributed by atoms with Crippen molar-refractivity contribution in [2.75, 3.05) is 6.54 Å². The summed E-state index contributed by atoms with van der Waals surface area (Å²) in [5, 5.41) is 1.02. The molecule has 2 heterocycles. The molecule has 1 unspecified atom stereocenters. The fraction of sp³-hybridized carbons (Fsp3) is 0.312. The highest BCUT2D eigenvalue weighted by Gasteiger charge is 2.46. The van der Waals surface area contributed by atoms with E-state index < -0.39 is 18.1 Å². The Morgan fingerprint density at radius 1 is 1.36 bits per heavy atom. The third kappa shape index (κ3) is 2.01. The highest BCUT2D eigenvalue weighted by atomic mass is 19.4. The molecule has 1 amide bonds. The van der Waals surface area contributed by atoms with Gasteiger partial charge in [-0.25, -0.2) is 0 Å². The maximum Gasteiger partial charge on any atom is 0.471 e. The normalized spacial score (nSPS) is 18.4. The van der Waals surface area contributed by atoms with Crippen LogP contribution in [0.3, 0.4) is 0 Å². The molecule has 2 aromatic rings. The summed E-state index contributed by atoms with van der Waals surface area (Å²) in [4.78, 5) is 12.5. The van der Waals surface area contributed by atoms with Gasteiger partial charge in [0.15, 0.2) is 0 Å². The number of nitrogens with zero attached hydrogens (tertiary/aromatic N) is 2. The van der Waals surface area contributed by atoms with Crippen molar-refractivity contribution < 1.29 is 18.0 Å². The van der Waals surface area contributed by atoms with Gasteiger partial charge in [-0.2, -0.15) is 13.2 Å². The Hall–Kier alpha value is -2.24. The van der Waals surface area contributed by atoms with Crippen LogP contribution in [0.15, 0.2) is 36.9 Å². The van der Waals surface area contributed by atoms with E-state index in [-0.39, 0.29) is 6.54 Å². The van der Waals surface area contributed by atoms with Crippen LogP contribution >= 0.6 is 0 Å². The van der Waals surface area contributed by atoms with Crippen LogP contribution in [-0.4, -0.2) is 28.1 Å². The van der Waals surface area contributed by atoms with Gasteiger partial charge in [0.25, 0.3) is 0 Å². The van der Waals surface area contributed by atoms with Gasteiger partial charge >= 0.3 is 12.1 Å². The molecule has 1 aliphatic rings. The number of aromatic nitrogens is 1. The number of para-hydroxylation sites is 1. The number of hydrogen-bond acceptors (Lipinski definition) is 1. The Bertz CT molecular complexity index is 761. The zero-order valence-electron chi connectivity index (χ0n) is 12.0. The summed E-state index contributed by atoms with van der Waals surface area (Å²) in [5.74, 6) is -1.81. The van der Waals surface area contributed by atoms with E-state index in [1.807, 2.05) is 28.8 Å². The summed E-state index contributed by atoms with van der Waals surface area (Å²) in [6.45, 7) is 3.67. The van der Waals surface area contributed by atoms with Crippen molar-refractivity contribution in [3.8, 4) is 0 Å². The molecule has 6 heteroatoms.